The van der Waals surface area contributed by atoms with E-state index in [2.05, 4.69) is 26.6 Å². The molecule has 4 nitrogen and oxygen atoms in total. The molecule has 0 spiro atoms. The second-order valence-corrected chi connectivity index (χ2v) is 4.49. The molecule has 1 saturated heterocycles. The van der Waals surface area contributed by atoms with Gasteiger partial charge in [0, 0.05) is 18.3 Å². The molecular formula is C10H17BrN2O2. The second kappa shape index (κ2) is 6.82. The van der Waals surface area contributed by atoms with E-state index in [9.17, 15) is 9.59 Å². The lowest BCUT2D eigenvalue weighted by molar-refractivity contribution is -0.130. The van der Waals surface area contributed by atoms with E-state index < -0.39 is 0 Å². The summed E-state index contributed by atoms with van der Waals surface area (Å²) in [5.41, 5.74) is 0. The highest BCUT2D eigenvalue weighted by molar-refractivity contribution is 9.09. The largest absolute Gasteiger partial charge is 0.354 e. The smallest absolute Gasteiger partial charge is 0.242 e. The number of alkyl halides is 1. The van der Waals surface area contributed by atoms with Gasteiger partial charge >= 0.3 is 0 Å². The zero-order valence-corrected chi connectivity index (χ0v) is 10.3. The van der Waals surface area contributed by atoms with Gasteiger partial charge in [-0.2, -0.15) is 0 Å². The molecule has 2 N–H and O–H groups in total. The van der Waals surface area contributed by atoms with Gasteiger partial charge in [-0.25, -0.2) is 0 Å². The lowest BCUT2D eigenvalue weighted by Crippen LogP contribution is -2.50. The lowest BCUT2D eigenvalue weighted by atomic mass is 10.1. The summed E-state index contributed by atoms with van der Waals surface area (Å²) in [5.74, 6) is -0.0620. The van der Waals surface area contributed by atoms with E-state index in [0.29, 0.717) is 6.42 Å². The Kier molecular flexibility index (Phi) is 5.68. The van der Waals surface area contributed by atoms with E-state index in [1.807, 2.05) is 0 Å². The Hall–Kier alpha value is -0.580. The average Bonchev–Trinajstić information content (AvgIpc) is 2.22. The van der Waals surface area contributed by atoms with Crippen LogP contribution in [0.5, 0.6) is 0 Å². The van der Waals surface area contributed by atoms with Crippen molar-refractivity contribution < 1.29 is 9.59 Å². The first-order chi connectivity index (χ1) is 7.24. The maximum Gasteiger partial charge on any atom is 0.242 e. The van der Waals surface area contributed by atoms with E-state index in [-0.39, 0.29) is 17.9 Å². The number of carbonyl (C=O) groups excluding carboxylic acids is 2. The summed E-state index contributed by atoms with van der Waals surface area (Å²) >= 11 is 3.31. The molecule has 0 aromatic heterocycles. The standard InChI is InChI=1S/C10H17BrN2O2/c11-6-2-1-5-9(14)13-8-4-3-7-12-10(8)15/h8H,1-7H2,(H,12,15)(H,13,14). The molecule has 1 aliphatic heterocycles. The van der Waals surface area contributed by atoms with Crippen molar-refractivity contribution >= 4 is 27.7 Å². The first-order valence-electron chi connectivity index (χ1n) is 5.37. The Morgan fingerprint density at radius 2 is 2.33 bits per heavy atom. The molecule has 0 bridgehead atoms. The third kappa shape index (κ3) is 4.64. The molecule has 15 heavy (non-hydrogen) atoms. The summed E-state index contributed by atoms with van der Waals surface area (Å²) in [4.78, 5) is 22.8. The van der Waals surface area contributed by atoms with Crippen molar-refractivity contribution in [1.82, 2.24) is 10.6 Å². The Balaban J connectivity index is 2.21. The van der Waals surface area contributed by atoms with Crippen molar-refractivity contribution in [1.29, 1.82) is 0 Å². The minimum Gasteiger partial charge on any atom is -0.354 e. The zero-order chi connectivity index (χ0) is 11.1. The van der Waals surface area contributed by atoms with E-state index >= 15 is 0 Å². The number of amides is 2. The van der Waals surface area contributed by atoms with Crippen molar-refractivity contribution in [3.63, 3.8) is 0 Å². The first-order valence-corrected chi connectivity index (χ1v) is 6.49. The molecule has 0 radical (unpaired) electrons. The number of halogens is 1. The van der Waals surface area contributed by atoms with Crippen LogP contribution >= 0.6 is 15.9 Å². The summed E-state index contributed by atoms with van der Waals surface area (Å²) in [5, 5.41) is 6.43. The van der Waals surface area contributed by atoms with Gasteiger partial charge in [-0.1, -0.05) is 15.9 Å². The molecule has 5 heteroatoms. The Bertz CT molecular complexity index is 233. The summed E-state index contributed by atoms with van der Waals surface area (Å²) in [7, 11) is 0. The molecule has 0 saturated carbocycles. The van der Waals surface area contributed by atoms with Gasteiger partial charge in [-0.15, -0.1) is 0 Å². The maximum atomic E-state index is 11.4. The van der Waals surface area contributed by atoms with Crippen LogP contribution in [0, 0.1) is 0 Å². The Morgan fingerprint density at radius 3 is 3.00 bits per heavy atom. The minimum atomic E-state index is -0.310. The van der Waals surface area contributed by atoms with Gasteiger partial charge in [-0.3, -0.25) is 9.59 Å². The number of carbonyl (C=O) groups is 2. The van der Waals surface area contributed by atoms with E-state index in [4.69, 9.17) is 0 Å². The number of rotatable bonds is 5. The van der Waals surface area contributed by atoms with Crippen LogP contribution in [0.4, 0.5) is 0 Å². The number of nitrogens with one attached hydrogen (secondary N) is 2. The van der Waals surface area contributed by atoms with Gasteiger partial charge in [0.25, 0.3) is 0 Å². The van der Waals surface area contributed by atoms with Crippen molar-refractivity contribution in [2.24, 2.45) is 0 Å². The number of hydrogen-bond acceptors (Lipinski definition) is 2. The summed E-state index contributed by atoms with van der Waals surface area (Å²) in [6.07, 6.45) is 4.07. The molecule has 1 fully saturated rings. The Labute approximate surface area is 98.3 Å². The molecule has 2 amide bonds. The molecule has 1 aliphatic rings. The van der Waals surface area contributed by atoms with Crippen molar-refractivity contribution in [2.75, 3.05) is 11.9 Å². The van der Waals surface area contributed by atoms with Gasteiger partial charge in [0.15, 0.2) is 0 Å². The molecule has 86 valence electrons. The van der Waals surface area contributed by atoms with E-state index in [1.54, 1.807) is 0 Å². The molecule has 1 rings (SSSR count). The minimum absolute atomic E-state index is 0.0157. The molecule has 1 heterocycles. The number of piperidine rings is 1. The fourth-order valence-electron chi connectivity index (χ4n) is 1.56. The lowest BCUT2D eigenvalue weighted by Gasteiger charge is -2.22. The zero-order valence-electron chi connectivity index (χ0n) is 8.72. The van der Waals surface area contributed by atoms with Crippen LogP contribution in [0.15, 0.2) is 0 Å². The first kappa shape index (κ1) is 12.5. The molecule has 1 unspecified atom stereocenters. The van der Waals surface area contributed by atoms with Gasteiger partial charge in [0.1, 0.15) is 6.04 Å². The number of unbranched alkanes of at least 4 members (excludes halogenated alkanes) is 1. The maximum absolute atomic E-state index is 11.4. The third-order valence-corrected chi connectivity index (χ3v) is 2.97. The van der Waals surface area contributed by atoms with E-state index in [0.717, 1.165) is 37.6 Å². The van der Waals surface area contributed by atoms with Crippen LogP contribution in [-0.4, -0.2) is 29.7 Å². The summed E-state index contributed by atoms with van der Waals surface area (Å²) in [6.45, 7) is 0.731. The van der Waals surface area contributed by atoms with Gasteiger partial charge in [0.05, 0.1) is 0 Å². The molecule has 0 aromatic carbocycles. The van der Waals surface area contributed by atoms with Crippen molar-refractivity contribution in [2.45, 2.75) is 38.1 Å². The van der Waals surface area contributed by atoms with Gasteiger partial charge < -0.3 is 10.6 Å². The topological polar surface area (TPSA) is 58.2 Å². The van der Waals surface area contributed by atoms with Crippen LogP contribution in [0.1, 0.15) is 32.1 Å². The quantitative estimate of drug-likeness (QED) is 0.580. The number of hydrogen-bond donors (Lipinski definition) is 2. The second-order valence-electron chi connectivity index (χ2n) is 3.70. The molecule has 0 aromatic rings. The predicted molar refractivity (Wildman–Crippen MR) is 61.8 cm³/mol. The predicted octanol–water partition coefficient (Wildman–Crippen LogP) is 0.946. The molecular weight excluding hydrogens is 260 g/mol. The van der Waals surface area contributed by atoms with Crippen LogP contribution in [-0.2, 0) is 9.59 Å². The van der Waals surface area contributed by atoms with Gasteiger partial charge in [0.2, 0.25) is 11.8 Å². The highest BCUT2D eigenvalue weighted by Gasteiger charge is 2.22. The summed E-state index contributed by atoms with van der Waals surface area (Å²) in [6, 6.07) is -0.310. The van der Waals surface area contributed by atoms with Crippen LogP contribution < -0.4 is 10.6 Å². The van der Waals surface area contributed by atoms with Crippen molar-refractivity contribution in [3.8, 4) is 0 Å². The summed E-state index contributed by atoms with van der Waals surface area (Å²) < 4.78 is 0. The average molecular weight is 277 g/mol. The van der Waals surface area contributed by atoms with Gasteiger partial charge in [-0.05, 0) is 25.7 Å². The third-order valence-electron chi connectivity index (χ3n) is 2.41. The Morgan fingerprint density at radius 1 is 1.53 bits per heavy atom. The highest BCUT2D eigenvalue weighted by atomic mass is 79.9. The highest BCUT2D eigenvalue weighted by Crippen LogP contribution is 2.04. The van der Waals surface area contributed by atoms with Crippen molar-refractivity contribution in [3.05, 3.63) is 0 Å². The van der Waals surface area contributed by atoms with Crippen LogP contribution in [0.2, 0.25) is 0 Å². The van der Waals surface area contributed by atoms with Crippen LogP contribution in [0.3, 0.4) is 0 Å². The van der Waals surface area contributed by atoms with Crippen LogP contribution in [0.25, 0.3) is 0 Å². The fraction of sp³-hybridized carbons (Fsp3) is 0.800. The normalized spacial score (nSPS) is 20.9. The molecule has 0 aliphatic carbocycles. The fourth-order valence-corrected chi connectivity index (χ4v) is 1.95. The van der Waals surface area contributed by atoms with E-state index in [1.165, 1.54) is 0 Å². The SMILES string of the molecule is O=C(CCCCBr)NC1CCCNC1=O. The monoisotopic (exact) mass is 276 g/mol. The molecule has 1 atom stereocenters.